The maximum absolute atomic E-state index is 12.6. The first-order chi connectivity index (χ1) is 13.2. The number of nitrogens with zero attached hydrogens (tertiary/aromatic N) is 3. The molecule has 0 atom stereocenters. The molecule has 0 bridgehead atoms. The van der Waals surface area contributed by atoms with E-state index < -0.39 is 0 Å². The van der Waals surface area contributed by atoms with Gasteiger partial charge in [-0.15, -0.1) is 0 Å². The molecule has 1 aliphatic heterocycles. The summed E-state index contributed by atoms with van der Waals surface area (Å²) in [5.74, 6) is 0. The average Bonchev–Trinajstić information content (AvgIpc) is 2.74. The maximum Gasteiger partial charge on any atom is 0.321 e. The van der Waals surface area contributed by atoms with Crippen LogP contribution in [0.15, 0.2) is 60.8 Å². The molecule has 0 aliphatic carbocycles. The number of piperazine rings is 1. The second-order valence-corrected chi connectivity index (χ2v) is 6.81. The fourth-order valence-corrected chi connectivity index (χ4v) is 3.52. The molecule has 0 unspecified atom stereocenters. The molecule has 1 aromatic heterocycles. The van der Waals surface area contributed by atoms with Crippen LogP contribution in [0.2, 0.25) is 0 Å². The zero-order valence-electron chi connectivity index (χ0n) is 15.6. The number of hydrogen-bond acceptors (Lipinski definition) is 3. The lowest BCUT2D eigenvalue weighted by Crippen LogP contribution is -2.50. The molecular formula is C22H24N4O. The summed E-state index contributed by atoms with van der Waals surface area (Å²) in [6.45, 7) is 5.12. The molecule has 3 aromatic rings. The van der Waals surface area contributed by atoms with E-state index in [0.29, 0.717) is 13.1 Å². The number of anilines is 2. The summed E-state index contributed by atoms with van der Waals surface area (Å²) in [4.78, 5) is 21.3. The van der Waals surface area contributed by atoms with Gasteiger partial charge in [-0.3, -0.25) is 4.98 Å². The SMILES string of the molecule is CCc1ccc(NC(=O)N2CCN(c3cccc4cccnc34)CC2)cc1. The molecule has 2 aromatic carbocycles. The van der Waals surface area contributed by atoms with Crippen molar-refractivity contribution in [3.05, 3.63) is 66.4 Å². The van der Waals surface area contributed by atoms with Gasteiger partial charge in [-0.1, -0.05) is 37.3 Å². The Hall–Kier alpha value is -3.08. The first-order valence-corrected chi connectivity index (χ1v) is 9.48. The minimum Gasteiger partial charge on any atom is -0.366 e. The van der Waals surface area contributed by atoms with E-state index in [1.54, 1.807) is 0 Å². The molecule has 138 valence electrons. The first kappa shape index (κ1) is 17.3. The normalized spacial score (nSPS) is 14.4. The van der Waals surface area contributed by atoms with Crippen molar-refractivity contribution in [2.45, 2.75) is 13.3 Å². The zero-order valence-corrected chi connectivity index (χ0v) is 15.6. The van der Waals surface area contributed by atoms with Gasteiger partial charge >= 0.3 is 6.03 Å². The zero-order chi connectivity index (χ0) is 18.6. The van der Waals surface area contributed by atoms with Crippen LogP contribution in [0.1, 0.15) is 12.5 Å². The van der Waals surface area contributed by atoms with E-state index in [9.17, 15) is 4.79 Å². The first-order valence-electron chi connectivity index (χ1n) is 9.48. The molecule has 1 saturated heterocycles. The van der Waals surface area contributed by atoms with E-state index in [2.05, 4.69) is 58.5 Å². The fourth-order valence-electron chi connectivity index (χ4n) is 3.52. The van der Waals surface area contributed by atoms with E-state index in [4.69, 9.17) is 0 Å². The summed E-state index contributed by atoms with van der Waals surface area (Å²) in [7, 11) is 0. The predicted octanol–water partition coefficient (Wildman–Crippen LogP) is 4.15. The third-order valence-corrected chi connectivity index (χ3v) is 5.13. The molecule has 0 spiro atoms. The molecule has 1 fully saturated rings. The standard InChI is InChI=1S/C22H24N4O/c1-2-17-8-10-19(11-9-17)24-22(27)26-15-13-25(14-16-26)20-7-3-5-18-6-4-12-23-21(18)20/h3-12H,2,13-16H2,1H3,(H,24,27). The number of rotatable bonds is 3. The minimum atomic E-state index is -0.0325. The van der Waals surface area contributed by atoms with Gasteiger partial charge < -0.3 is 15.1 Å². The molecule has 5 nitrogen and oxygen atoms in total. The van der Waals surface area contributed by atoms with Gasteiger partial charge in [-0.05, 0) is 36.2 Å². The molecule has 5 heteroatoms. The van der Waals surface area contributed by atoms with Crippen molar-refractivity contribution in [2.75, 3.05) is 36.4 Å². The van der Waals surface area contributed by atoms with Gasteiger partial charge in [0.05, 0.1) is 11.2 Å². The van der Waals surface area contributed by atoms with Gasteiger partial charge in [-0.2, -0.15) is 0 Å². The van der Waals surface area contributed by atoms with Crippen LogP contribution in [0.4, 0.5) is 16.2 Å². The summed E-state index contributed by atoms with van der Waals surface area (Å²) >= 11 is 0. The van der Waals surface area contributed by atoms with E-state index in [-0.39, 0.29) is 6.03 Å². The van der Waals surface area contributed by atoms with Crippen LogP contribution in [-0.2, 0) is 6.42 Å². The Labute approximate surface area is 159 Å². The lowest BCUT2D eigenvalue weighted by atomic mass is 10.1. The van der Waals surface area contributed by atoms with E-state index in [1.807, 2.05) is 29.3 Å². The molecule has 4 rings (SSSR count). The van der Waals surface area contributed by atoms with Crippen LogP contribution in [-0.4, -0.2) is 42.1 Å². The third kappa shape index (κ3) is 3.72. The maximum atomic E-state index is 12.6. The number of fused-ring (bicyclic) bond motifs is 1. The average molecular weight is 360 g/mol. The third-order valence-electron chi connectivity index (χ3n) is 5.13. The monoisotopic (exact) mass is 360 g/mol. The molecule has 1 aliphatic rings. The van der Waals surface area contributed by atoms with Crippen LogP contribution in [0.25, 0.3) is 10.9 Å². The highest BCUT2D eigenvalue weighted by Gasteiger charge is 2.22. The quantitative estimate of drug-likeness (QED) is 0.763. The number of aromatic nitrogens is 1. The van der Waals surface area contributed by atoms with E-state index in [0.717, 1.165) is 41.8 Å². The van der Waals surface area contributed by atoms with Gasteiger partial charge in [0, 0.05) is 43.4 Å². The molecule has 2 amide bonds. The van der Waals surface area contributed by atoms with Crippen molar-refractivity contribution in [1.29, 1.82) is 0 Å². The van der Waals surface area contributed by atoms with Gasteiger partial charge in [0.1, 0.15) is 0 Å². The highest BCUT2D eigenvalue weighted by molar-refractivity contribution is 5.91. The highest BCUT2D eigenvalue weighted by Crippen LogP contribution is 2.25. The number of carbonyl (C=O) groups is 1. The van der Waals surface area contributed by atoms with Crippen molar-refractivity contribution in [3.63, 3.8) is 0 Å². The Morgan fingerprint density at radius 3 is 2.48 bits per heavy atom. The second kappa shape index (κ2) is 7.66. The van der Waals surface area contributed by atoms with Crippen molar-refractivity contribution in [2.24, 2.45) is 0 Å². The van der Waals surface area contributed by atoms with Crippen molar-refractivity contribution in [3.8, 4) is 0 Å². The summed E-state index contributed by atoms with van der Waals surface area (Å²) in [6, 6.07) is 18.3. The number of pyridine rings is 1. The Bertz CT molecular complexity index is 925. The summed E-state index contributed by atoms with van der Waals surface area (Å²) in [5, 5.41) is 4.15. The number of urea groups is 1. The largest absolute Gasteiger partial charge is 0.366 e. The van der Waals surface area contributed by atoms with Gasteiger partial charge in [0.15, 0.2) is 0 Å². The number of benzene rings is 2. The number of aryl methyl sites for hydroxylation is 1. The van der Waals surface area contributed by atoms with Crippen molar-refractivity contribution in [1.82, 2.24) is 9.88 Å². The Kier molecular flexibility index (Phi) is 4.92. The summed E-state index contributed by atoms with van der Waals surface area (Å²) in [6.07, 6.45) is 2.83. The Morgan fingerprint density at radius 2 is 1.74 bits per heavy atom. The molecule has 27 heavy (non-hydrogen) atoms. The summed E-state index contributed by atoms with van der Waals surface area (Å²) < 4.78 is 0. The number of nitrogens with one attached hydrogen (secondary N) is 1. The Morgan fingerprint density at radius 1 is 1.00 bits per heavy atom. The second-order valence-electron chi connectivity index (χ2n) is 6.81. The number of amides is 2. The van der Waals surface area contributed by atoms with Crippen LogP contribution in [0.5, 0.6) is 0 Å². The minimum absolute atomic E-state index is 0.0325. The Balaban J connectivity index is 1.40. The van der Waals surface area contributed by atoms with E-state index >= 15 is 0 Å². The van der Waals surface area contributed by atoms with Crippen LogP contribution in [0, 0.1) is 0 Å². The number of para-hydroxylation sites is 1. The lowest BCUT2D eigenvalue weighted by molar-refractivity contribution is 0.208. The summed E-state index contributed by atoms with van der Waals surface area (Å²) in [5.41, 5.74) is 4.28. The van der Waals surface area contributed by atoms with Gasteiger partial charge in [-0.25, -0.2) is 4.79 Å². The van der Waals surface area contributed by atoms with Gasteiger partial charge in [0.2, 0.25) is 0 Å². The van der Waals surface area contributed by atoms with Crippen LogP contribution >= 0.6 is 0 Å². The highest BCUT2D eigenvalue weighted by atomic mass is 16.2. The van der Waals surface area contributed by atoms with Crippen LogP contribution < -0.4 is 10.2 Å². The molecule has 2 heterocycles. The van der Waals surface area contributed by atoms with Crippen LogP contribution in [0.3, 0.4) is 0 Å². The molecule has 0 saturated carbocycles. The molecular weight excluding hydrogens is 336 g/mol. The van der Waals surface area contributed by atoms with Crippen molar-refractivity contribution >= 4 is 28.3 Å². The number of hydrogen-bond donors (Lipinski definition) is 1. The smallest absolute Gasteiger partial charge is 0.321 e. The topological polar surface area (TPSA) is 48.5 Å². The fraction of sp³-hybridized carbons (Fsp3) is 0.273. The molecule has 0 radical (unpaired) electrons. The number of carbonyl (C=O) groups excluding carboxylic acids is 1. The molecule has 1 N–H and O–H groups in total. The van der Waals surface area contributed by atoms with Crippen molar-refractivity contribution < 1.29 is 4.79 Å². The predicted molar refractivity (Wildman–Crippen MR) is 110 cm³/mol. The lowest BCUT2D eigenvalue weighted by Gasteiger charge is -2.36. The van der Waals surface area contributed by atoms with Gasteiger partial charge in [0.25, 0.3) is 0 Å². The van der Waals surface area contributed by atoms with E-state index in [1.165, 1.54) is 5.56 Å².